The van der Waals surface area contributed by atoms with Crippen molar-refractivity contribution in [2.45, 2.75) is 44.9 Å². The van der Waals surface area contributed by atoms with Crippen LogP contribution in [0, 0.1) is 43.5 Å². The summed E-state index contributed by atoms with van der Waals surface area (Å²) in [6.45, 7) is 6.47. The standard InChI is InChI=1S/C14H23N2O4.U.V.W/c1-14(2,3)20-13(19)16-7-9-5-6-10(12(17)18)11(8-16)15(9)4;;;/h6,9-11H,5,7-8H2,1-4H3,(H,17,18);;;/q-1;;;. The first-order valence-electron chi connectivity index (χ1n) is 6.95. The smallest absolute Gasteiger partial charge is 0.410 e. The minimum absolute atomic E-state index is 0. The Kier molecular flexibility index (Phi) is 11.7. The van der Waals surface area contributed by atoms with E-state index in [-0.39, 0.29) is 88.9 Å². The maximum Gasteiger partial charge on any atom is 0.410 e. The van der Waals surface area contributed by atoms with Gasteiger partial charge in [-0.1, -0.05) is 5.92 Å². The van der Waals surface area contributed by atoms with E-state index in [0.717, 1.165) is 0 Å². The molecule has 2 saturated heterocycles. The Morgan fingerprint density at radius 3 is 2.30 bits per heavy atom. The summed E-state index contributed by atoms with van der Waals surface area (Å²) in [5.41, 5.74) is -0.534. The molecule has 3 atom stereocenters. The van der Waals surface area contributed by atoms with Gasteiger partial charge in [-0.3, -0.25) is 4.79 Å². The molecule has 0 saturated carbocycles. The summed E-state index contributed by atoms with van der Waals surface area (Å²) in [4.78, 5) is 27.2. The van der Waals surface area contributed by atoms with Crippen molar-refractivity contribution in [1.29, 1.82) is 0 Å². The fraction of sp³-hybridized carbons (Fsp3) is 0.786. The van der Waals surface area contributed by atoms with Crippen LogP contribution in [0.25, 0.3) is 0 Å². The fourth-order valence-corrected chi connectivity index (χ4v) is 2.89. The third-order valence-corrected chi connectivity index (χ3v) is 3.95. The second-order valence-electron chi connectivity index (χ2n) is 6.61. The summed E-state index contributed by atoms with van der Waals surface area (Å²) in [7, 11) is 1.94. The molecule has 2 aliphatic heterocycles. The Morgan fingerprint density at radius 1 is 1.26 bits per heavy atom. The van der Waals surface area contributed by atoms with Crippen LogP contribution in [0.3, 0.4) is 0 Å². The summed E-state index contributed by atoms with van der Waals surface area (Å²) in [5, 5.41) is 9.29. The van der Waals surface area contributed by atoms with Crippen LogP contribution in [0.4, 0.5) is 4.79 Å². The van der Waals surface area contributed by atoms with E-state index >= 15 is 0 Å². The van der Waals surface area contributed by atoms with Gasteiger partial charge >= 0.3 is 6.09 Å². The Hall–Kier alpha value is 1.02. The average Bonchev–Trinajstić information content (AvgIpc) is 2.25. The number of carbonyl (C=O) groups excluding carboxylic acids is 1. The molecule has 1 amide bonds. The molecule has 2 rings (SSSR count). The number of rotatable bonds is 1. The van der Waals surface area contributed by atoms with Crippen LogP contribution in [0.15, 0.2) is 0 Å². The van der Waals surface area contributed by atoms with Crippen molar-refractivity contribution < 1.29 is 90.2 Å². The topological polar surface area (TPSA) is 70.1 Å². The van der Waals surface area contributed by atoms with Crippen molar-refractivity contribution >= 4 is 12.1 Å². The van der Waals surface area contributed by atoms with Crippen LogP contribution in [0.1, 0.15) is 27.2 Å². The number of carboxylic acid groups (broad SMARTS) is 1. The second-order valence-corrected chi connectivity index (χ2v) is 6.61. The van der Waals surface area contributed by atoms with Gasteiger partial charge in [-0.05, 0) is 27.8 Å². The molecule has 9 heteroatoms. The van der Waals surface area contributed by atoms with Crippen molar-refractivity contribution in [2.75, 3.05) is 20.1 Å². The van der Waals surface area contributed by atoms with Gasteiger partial charge in [-0.2, -0.15) is 6.42 Å². The first kappa shape index (κ1) is 26.3. The van der Waals surface area contributed by atoms with Gasteiger partial charge in [-0.25, -0.2) is 4.79 Å². The molecule has 1 radical (unpaired) electrons. The summed E-state index contributed by atoms with van der Waals surface area (Å²) in [6, 6.07) is 0.00406. The normalized spacial score (nSPS) is 27.0. The minimum atomic E-state index is -0.827. The van der Waals surface area contributed by atoms with Crippen molar-refractivity contribution in [1.82, 2.24) is 9.80 Å². The molecule has 0 aliphatic carbocycles. The molecule has 0 spiro atoms. The van der Waals surface area contributed by atoms with Crippen LogP contribution in [-0.4, -0.2) is 64.8 Å². The number of nitrogens with zero attached hydrogens (tertiary/aromatic N) is 2. The summed E-state index contributed by atoms with van der Waals surface area (Å²) < 4.78 is 5.38. The van der Waals surface area contributed by atoms with E-state index in [2.05, 4.69) is 4.90 Å². The number of likely N-dealkylation sites (N-methyl/N-ethyl adjacent to an activating group) is 1. The van der Waals surface area contributed by atoms with Crippen molar-refractivity contribution in [3.8, 4) is 0 Å². The molecule has 23 heavy (non-hydrogen) atoms. The van der Waals surface area contributed by atoms with Crippen LogP contribution < -0.4 is 0 Å². The van der Waals surface area contributed by atoms with Crippen LogP contribution >= 0.6 is 0 Å². The first-order valence-corrected chi connectivity index (χ1v) is 6.95. The zero-order chi connectivity index (χ0) is 15.1. The van der Waals surface area contributed by atoms with E-state index in [9.17, 15) is 14.7 Å². The molecular weight excluding hydrogens is 733 g/mol. The van der Waals surface area contributed by atoms with Gasteiger partial charge in [0, 0.05) is 95.9 Å². The number of carboxylic acids is 1. The number of likely N-dealkylation sites (tertiary alicyclic amines) is 1. The number of amides is 1. The van der Waals surface area contributed by atoms with Crippen molar-refractivity contribution in [2.24, 2.45) is 5.92 Å². The molecule has 129 valence electrons. The number of hydrogen-bond acceptors (Lipinski definition) is 4. The van der Waals surface area contributed by atoms with E-state index in [1.54, 1.807) is 4.90 Å². The molecular formula is C14H23N2O4UVW-. The Labute approximate surface area is 187 Å². The number of piperazine rings is 1. The van der Waals surface area contributed by atoms with Crippen LogP contribution in [0.5, 0.6) is 0 Å². The first-order chi connectivity index (χ1) is 9.19. The van der Waals surface area contributed by atoms with E-state index in [4.69, 9.17) is 4.74 Å². The van der Waals surface area contributed by atoms with Crippen molar-refractivity contribution in [3.05, 3.63) is 6.42 Å². The minimum Gasteiger partial charge on any atom is -0.483 e. The number of piperidine rings is 1. The molecule has 6 nitrogen and oxygen atoms in total. The number of fused-ring (bicyclic) bond motifs is 2. The molecule has 1 N–H and O–H groups in total. The van der Waals surface area contributed by atoms with Gasteiger partial charge in [0.1, 0.15) is 5.60 Å². The van der Waals surface area contributed by atoms with Gasteiger partial charge in [0.05, 0.1) is 0 Å². The summed E-state index contributed by atoms with van der Waals surface area (Å²) in [5.74, 6) is -1.35. The number of aliphatic carboxylic acids is 1. The maximum atomic E-state index is 12.2. The monoisotopic (exact) mass is 756 g/mol. The molecule has 0 aromatic rings. The molecule has 0 aromatic carbocycles. The SMILES string of the molecule is CN1C2C[CH-]C(C(=O)O)C1CN(C(=O)OC(C)(C)C)C2.[U].[V].[W]. The van der Waals surface area contributed by atoms with E-state index in [1.165, 1.54) is 0 Å². The Bertz CT molecular complexity index is 422. The van der Waals surface area contributed by atoms with E-state index in [0.29, 0.717) is 19.5 Å². The third kappa shape index (κ3) is 6.68. The number of ether oxygens (including phenoxy) is 1. The molecule has 0 aromatic heterocycles. The number of hydrogen-bond donors (Lipinski definition) is 1. The third-order valence-electron chi connectivity index (χ3n) is 3.95. The van der Waals surface area contributed by atoms with Crippen LogP contribution in [0.2, 0.25) is 0 Å². The van der Waals surface area contributed by atoms with Crippen LogP contribution in [-0.2, 0) is 49.2 Å². The molecule has 3 unspecified atom stereocenters. The molecule has 2 fully saturated rings. The Morgan fingerprint density at radius 2 is 1.83 bits per heavy atom. The van der Waals surface area contributed by atoms with E-state index in [1.807, 2.05) is 34.2 Å². The Balaban J connectivity index is 0. The largest absolute Gasteiger partial charge is 0.483 e. The fourth-order valence-electron chi connectivity index (χ4n) is 2.89. The molecule has 2 heterocycles. The zero-order valence-corrected chi connectivity index (χ0v) is 22.3. The molecule has 2 aliphatic rings. The average molecular weight is 756 g/mol. The quantitative estimate of drug-likeness (QED) is 0.408. The predicted octanol–water partition coefficient (Wildman–Crippen LogP) is 1.21. The van der Waals surface area contributed by atoms with Gasteiger partial charge in [-0.15, -0.1) is 0 Å². The number of carbonyl (C=O) groups is 2. The van der Waals surface area contributed by atoms with Gasteiger partial charge < -0.3 is 26.1 Å². The van der Waals surface area contributed by atoms with E-state index < -0.39 is 17.5 Å². The molecule has 2 bridgehead atoms. The van der Waals surface area contributed by atoms with Gasteiger partial charge in [0.2, 0.25) is 0 Å². The predicted molar refractivity (Wildman–Crippen MR) is 73.2 cm³/mol. The maximum absolute atomic E-state index is 12.2. The van der Waals surface area contributed by atoms with Gasteiger partial charge in [0.15, 0.2) is 0 Å². The van der Waals surface area contributed by atoms with Gasteiger partial charge in [0.25, 0.3) is 5.97 Å². The zero-order valence-electron chi connectivity index (χ0n) is 13.9. The summed E-state index contributed by atoms with van der Waals surface area (Å²) >= 11 is 0. The second kappa shape index (κ2) is 10.2. The van der Waals surface area contributed by atoms with Crippen molar-refractivity contribution in [3.63, 3.8) is 0 Å². The summed E-state index contributed by atoms with van der Waals surface area (Å²) in [6.07, 6.45) is 2.19.